The molecule has 338 valence electrons. The summed E-state index contributed by atoms with van der Waals surface area (Å²) in [5.41, 5.74) is 17.8. The third kappa shape index (κ3) is 6.22. The number of rotatable bonds is 6. The number of ether oxygens (including phenoxy) is 4. The molecule has 0 aliphatic carbocycles. The van der Waals surface area contributed by atoms with Crippen LogP contribution in [0.5, 0.6) is 46.0 Å². The quantitative estimate of drug-likeness (QED) is 0.166. The number of hydrogen-bond donors (Lipinski definition) is 0. The summed E-state index contributed by atoms with van der Waals surface area (Å²) in [6.07, 6.45) is 0. The van der Waals surface area contributed by atoms with Gasteiger partial charge in [-0.3, -0.25) is 9.80 Å². The molecule has 0 fully saturated rings. The second kappa shape index (κ2) is 15.9. The topological polar surface area (TPSA) is 43.4 Å². The Kier molecular flexibility index (Phi) is 8.86. The van der Waals surface area contributed by atoms with Gasteiger partial charge in [0.1, 0.15) is 11.4 Å². The van der Waals surface area contributed by atoms with Gasteiger partial charge in [-0.2, -0.15) is 0 Å². The highest BCUT2D eigenvalue weighted by Gasteiger charge is 2.39. The van der Waals surface area contributed by atoms with Crippen molar-refractivity contribution >= 4 is 34.1 Å². The van der Waals surface area contributed by atoms with Crippen LogP contribution in [0.1, 0.15) is 0 Å². The summed E-state index contributed by atoms with van der Waals surface area (Å²) >= 11 is 0. The van der Waals surface area contributed by atoms with Crippen molar-refractivity contribution < 1.29 is 18.9 Å². The molecule has 11 aromatic carbocycles. The van der Waals surface area contributed by atoms with Crippen LogP contribution in [-0.4, -0.2) is 0 Å². The molecule has 6 heteroatoms. The van der Waals surface area contributed by atoms with E-state index in [1.54, 1.807) is 0 Å². The summed E-state index contributed by atoms with van der Waals surface area (Å²) in [5.74, 6) is 5.99. The van der Waals surface area contributed by atoms with E-state index in [0.717, 1.165) is 124 Å². The average Bonchev–Trinajstić information content (AvgIpc) is 3.45. The Bertz CT molecular complexity index is 3500. The van der Waals surface area contributed by atoms with E-state index in [1.165, 1.54) is 0 Å². The van der Waals surface area contributed by atoms with Crippen LogP contribution in [0, 0.1) is 0 Å². The van der Waals surface area contributed by atoms with Crippen LogP contribution in [-0.2, 0) is 0 Å². The summed E-state index contributed by atoms with van der Waals surface area (Å²) in [6, 6.07) is 84.5. The lowest BCUT2D eigenvalue weighted by molar-refractivity contribution is 0.447. The van der Waals surface area contributed by atoms with E-state index in [2.05, 4.69) is 228 Å². The number of para-hydroxylation sites is 4. The van der Waals surface area contributed by atoms with Gasteiger partial charge in [0.25, 0.3) is 0 Å². The zero-order valence-electron chi connectivity index (χ0n) is 38.6. The fraction of sp³-hybridized carbons (Fsp3) is 0. The summed E-state index contributed by atoms with van der Waals surface area (Å²) in [7, 11) is 0. The lowest BCUT2D eigenvalue weighted by atomic mass is 9.94. The van der Waals surface area contributed by atoms with E-state index < -0.39 is 0 Å². The predicted octanol–water partition coefficient (Wildman–Crippen LogP) is 19.1. The van der Waals surface area contributed by atoms with E-state index in [4.69, 9.17) is 18.9 Å². The summed E-state index contributed by atoms with van der Waals surface area (Å²) < 4.78 is 28.4. The molecule has 4 aliphatic heterocycles. The van der Waals surface area contributed by atoms with Crippen LogP contribution in [0.4, 0.5) is 34.1 Å². The minimum absolute atomic E-state index is 0.709. The maximum absolute atomic E-state index is 7.11. The fourth-order valence-corrected chi connectivity index (χ4v) is 10.9. The highest BCUT2D eigenvalue weighted by Crippen LogP contribution is 2.65. The molecule has 0 bridgehead atoms. The van der Waals surface area contributed by atoms with Crippen LogP contribution < -0.4 is 28.7 Å². The maximum Gasteiger partial charge on any atom is 0.159 e. The van der Waals surface area contributed by atoms with E-state index in [0.29, 0.717) is 23.0 Å². The highest BCUT2D eigenvalue weighted by atomic mass is 16.5. The monoisotopic (exact) mass is 924 g/mol. The van der Waals surface area contributed by atoms with Crippen molar-refractivity contribution in [3.8, 4) is 113 Å². The van der Waals surface area contributed by atoms with Gasteiger partial charge in [0.15, 0.2) is 46.0 Å². The summed E-state index contributed by atoms with van der Waals surface area (Å²) in [6.45, 7) is 0. The average molecular weight is 925 g/mol. The van der Waals surface area contributed by atoms with Crippen molar-refractivity contribution in [1.82, 2.24) is 0 Å². The Morgan fingerprint density at radius 2 is 0.458 bits per heavy atom. The molecule has 0 atom stereocenters. The molecule has 0 unspecified atom stereocenters. The Morgan fingerprint density at radius 3 is 0.736 bits per heavy atom. The minimum atomic E-state index is 0.709. The molecule has 0 radical (unpaired) electrons. The summed E-state index contributed by atoms with van der Waals surface area (Å²) in [5, 5.41) is 0. The molecular weight excluding hydrogens is 885 g/mol. The first-order valence-corrected chi connectivity index (χ1v) is 24.2. The number of hydrogen-bond acceptors (Lipinski definition) is 6. The van der Waals surface area contributed by atoms with Gasteiger partial charge < -0.3 is 18.9 Å². The molecule has 0 saturated heterocycles. The zero-order chi connectivity index (χ0) is 47.3. The molecule has 0 saturated carbocycles. The molecule has 0 spiro atoms. The standard InChI is InChI=1S/C66H40N2O4/c1-5-18-41(19-6-1)49-28-14-32-53-63(49)69-57-37-47(38-58-61(57)67(53)54-33-15-29-50(64(54)70-58)42-20-7-2-8-21-42)45-26-13-27-46(36-45)48-39-59-62-60(40-48)72-66-52(44-24-11-4-12-25-44)31-17-35-56(66)68(62)55-34-16-30-51(65(55)71-59)43-22-9-3-10-23-43/h1-40H. The molecular formula is C66H40N2O4. The third-order valence-corrected chi connectivity index (χ3v) is 14.2. The molecule has 0 amide bonds. The van der Waals surface area contributed by atoms with Crippen molar-refractivity contribution in [2.75, 3.05) is 9.80 Å². The van der Waals surface area contributed by atoms with Gasteiger partial charge in [-0.25, -0.2) is 0 Å². The lowest BCUT2D eigenvalue weighted by Crippen LogP contribution is -2.21. The van der Waals surface area contributed by atoms with Gasteiger partial charge in [0.2, 0.25) is 0 Å². The first-order chi connectivity index (χ1) is 35.7. The lowest BCUT2D eigenvalue weighted by Gasteiger charge is -2.39. The molecule has 6 nitrogen and oxygen atoms in total. The molecule has 4 heterocycles. The zero-order valence-corrected chi connectivity index (χ0v) is 38.6. The first kappa shape index (κ1) is 40.1. The molecule has 4 aliphatic rings. The van der Waals surface area contributed by atoms with Crippen LogP contribution in [0.3, 0.4) is 0 Å². The molecule has 0 aromatic heterocycles. The van der Waals surface area contributed by atoms with Gasteiger partial charge in [-0.1, -0.05) is 188 Å². The van der Waals surface area contributed by atoms with Gasteiger partial charge in [-0.15, -0.1) is 0 Å². The smallest absolute Gasteiger partial charge is 0.159 e. The number of anilines is 6. The van der Waals surface area contributed by atoms with Gasteiger partial charge in [-0.05, 0) is 99.1 Å². The normalized spacial score (nSPS) is 12.8. The van der Waals surface area contributed by atoms with Gasteiger partial charge in [0, 0.05) is 22.3 Å². The van der Waals surface area contributed by atoms with Crippen molar-refractivity contribution in [2.45, 2.75) is 0 Å². The Hall–Kier alpha value is -9.78. The van der Waals surface area contributed by atoms with Crippen molar-refractivity contribution in [3.63, 3.8) is 0 Å². The van der Waals surface area contributed by atoms with Crippen molar-refractivity contribution in [2.24, 2.45) is 0 Å². The second-order valence-corrected chi connectivity index (χ2v) is 18.4. The number of benzene rings is 11. The predicted molar refractivity (Wildman–Crippen MR) is 289 cm³/mol. The molecule has 72 heavy (non-hydrogen) atoms. The van der Waals surface area contributed by atoms with E-state index in [1.807, 2.05) is 24.3 Å². The Labute approximate surface area is 416 Å². The van der Waals surface area contributed by atoms with E-state index >= 15 is 0 Å². The minimum Gasteiger partial charge on any atom is -0.452 e. The Morgan fingerprint density at radius 1 is 0.208 bits per heavy atom. The van der Waals surface area contributed by atoms with E-state index in [-0.39, 0.29) is 0 Å². The fourth-order valence-electron chi connectivity index (χ4n) is 10.9. The van der Waals surface area contributed by atoms with E-state index in [9.17, 15) is 0 Å². The van der Waals surface area contributed by atoms with Crippen LogP contribution in [0.2, 0.25) is 0 Å². The van der Waals surface area contributed by atoms with Gasteiger partial charge in [0.05, 0.1) is 22.7 Å². The largest absolute Gasteiger partial charge is 0.452 e. The number of fused-ring (bicyclic) bond motifs is 8. The third-order valence-electron chi connectivity index (χ3n) is 14.2. The van der Waals surface area contributed by atoms with Crippen molar-refractivity contribution in [3.05, 3.63) is 243 Å². The molecule has 11 aromatic rings. The molecule has 0 N–H and O–H groups in total. The second-order valence-electron chi connectivity index (χ2n) is 18.4. The SMILES string of the molecule is c1ccc(-c2cccc3c2Oc2cc(-c4cccc(-c5cc6c7c(c5)Oc5c(-c8ccccc8)cccc5N7c5cccc(-c7ccccc7)c5O6)c4)cc4c2N3c2cccc(-c3ccccc3)c2O4)cc1. The number of nitrogens with zero attached hydrogens (tertiary/aromatic N) is 2. The first-order valence-electron chi connectivity index (χ1n) is 24.2. The van der Waals surface area contributed by atoms with Crippen molar-refractivity contribution in [1.29, 1.82) is 0 Å². The van der Waals surface area contributed by atoms with Crippen LogP contribution in [0.25, 0.3) is 66.8 Å². The Balaban J connectivity index is 0.891. The van der Waals surface area contributed by atoms with Crippen LogP contribution >= 0.6 is 0 Å². The van der Waals surface area contributed by atoms with Crippen LogP contribution in [0.15, 0.2) is 243 Å². The highest BCUT2D eigenvalue weighted by molar-refractivity contribution is 6.02. The molecule has 15 rings (SSSR count). The van der Waals surface area contributed by atoms with Gasteiger partial charge >= 0.3 is 0 Å². The summed E-state index contributed by atoms with van der Waals surface area (Å²) in [4.78, 5) is 4.62. The maximum atomic E-state index is 7.11.